The number of rotatable bonds is 7. The molecule has 0 unspecified atom stereocenters. The molecule has 3 aromatic rings. The second-order valence-corrected chi connectivity index (χ2v) is 11.4. The van der Waals surface area contributed by atoms with Crippen LogP contribution in [-0.4, -0.2) is 42.5 Å². The van der Waals surface area contributed by atoms with Crippen molar-refractivity contribution in [2.45, 2.75) is 63.8 Å². The second kappa shape index (κ2) is 10.5. The van der Waals surface area contributed by atoms with Crippen LogP contribution >= 0.6 is 11.6 Å². The molecule has 0 saturated carbocycles. The number of carbonyl (C=O) groups is 1. The Kier molecular flexibility index (Phi) is 7.61. The molecule has 1 fully saturated rings. The van der Waals surface area contributed by atoms with E-state index >= 15 is 0 Å². The first kappa shape index (κ1) is 26.7. The number of nitrogens with two attached hydrogens (primary N) is 1. The van der Waals surface area contributed by atoms with Gasteiger partial charge in [-0.05, 0) is 76.9 Å². The molecule has 11 heteroatoms. The Morgan fingerprint density at radius 2 is 1.81 bits per heavy atom. The number of hydrogen-bond acceptors (Lipinski definition) is 8. The van der Waals surface area contributed by atoms with E-state index in [1.54, 1.807) is 24.3 Å². The summed E-state index contributed by atoms with van der Waals surface area (Å²) in [5.41, 5.74) is 7.13. The summed E-state index contributed by atoms with van der Waals surface area (Å²) in [4.78, 5) is 24.1. The molecule has 1 aliphatic heterocycles. The smallest absolute Gasteiger partial charge is 0.281 e. The number of ether oxygens (including phenoxy) is 1. The Hall–Kier alpha value is -3.37. The van der Waals surface area contributed by atoms with E-state index in [0.29, 0.717) is 22.3 Å². The van der Waals surface area contributed by atoms with Crippen molar-refractivity contribution in [3.8, 4) is 17.0 Å². The molecule has 0 bridgehead atoms. The molecule has 4 rings (SSSR count). The molecular weight excluding hydrogens is 514 g/mol. The van der Waals surface area contributed by atoms with E-state index in [2.05, 4.69) is 28.5 Å². The van der Waals surface area contributed by atoms with Crippen LogP contribution in [0.15, 0.2) is 53.6 Å². The largest absolute Gasteiger partial charge is 0.489 e. The van der Waals surface area contributed by atoms with E-state index < -0.39 is 15.9 Å². The van der Waals surface area contributed by atoms with Gasteiger partial charge >= 0.3 is 0 Å². The zero-order valence-corrected chi connectivity index (χ0v) is 22.7. The number of anilines is 2. The minimum absolute atomic E-state index is 0.0329. The van der Waals surface area contributed by atoms with E-state index in [1.807, 2.05) is 19.9 Å². The Morgan fingerprint density at radius 3 is 2.46 bits per heavy atom. The van der Waals surface area contributed by atoms with E-state index in [1.165, 1.54) is 18.2 Å². The monoisotopic (exact) mass is 543 g/mol. The highest BCUT2D eigenvalue weighted by Gasteiger charge is 2.33. The molecular formula is C26H30ClN5O4S. The summed E-state index contributed by atoms with van der Waals surface area (Å²) in [5, 5.41) is 0.143. The van der Waals surface area contributed by atoms with Crippen LogP contribution in [0.2, 0.25) is 5.02 Å². The predicted molar refractivity (Wildman–Crippen MR) is 144 cm³/mol. The minimum atomic E-state index is -4.25. The van der Waals surface area contributed by atoms with Crippen molar-refractivity contribution >= 4 is 39.2 Å². The van der Waals surface area contributed by atoms with Crippen molar-refractivity contribution in [1.82, 2.24) is 14.7 Å². The standard InChI is InChI=1S/C26H30ClN5O4S/c1-15(2)36-22-14-18(10-12-20(22)27)21-13-11-19(25(29-21)32-16(3)8-9-17(32)4)26(33)31-37(34,35)24-7-5-6-23(28)30-24/h5-7,10-17H,8-9H2,1-4H3,(H2,28,30)(H,31,33)/t16-,17+. The van der Waals surface area contributed by atoms with Crippen molar-refractivity contribution in [2.24, 2.45) is 0 Å². The number of nitrogens with zero attached hydrogens (tertiary/aromatic N) is 3. The van der Waals surface area contributed by atoms with Gasteiger partial charge in [0.1, 0.15) is 17.4 Å². The number of aromatic nitrogens is 2. The van der Waals surface area contributed by atoms with Gasteiger partial charge in [-0.3, -0.25) is 4.79 Å². The molecule has 3 N–H and O–H groups in total. The maximum absolute atomic E-state index is 13.3. The van der Waals surface area contributed by atoms with Crippen molar-refractivity contribution in [3.63, 3.8) is 0 Å². The first-order valence-electron chi connectivity index (χ1n) is 12.0. The zero-order chi connectivity index (χ0) is 26.9. The molecule has 0 spiro atoms. The molecule has 1 amide bonds. The fraction of sp³-hybridized carbons (Fsp3) is 0.346. The van der Waals surface area contributed by atoms with Crippen LogP contribution in [0, 0.1) is 0 Å². The maximum atomic E-state index is 13.3. The summed E-state index contributed by atoms with van der Waals surface area (Å²) in [6.07, 6.45) is 1.78. The first-order valence-corrected chi connectivity index (χ1v) is 13.9. The van der Waals surface area contributed by atoms with E-state index in [9.17, 15) is 13.2 Å². The highest BCUT2D eigenvalue weighted by atomic mass is 35.5. The lowest BCUT2D eigenvalue weighted by molar-refractivity contribution is 0.0981. The summed E-state index contributed by atoms with van der Waals surface area (Å²) in [6.45, 7) is 7.94. The molecule has 196 valence electrons. The Labute approximate surface area is 222 Å². The van der Waals surface area contributed by atoms with Gasteiger partial charge in [-0.1, -0.05) is 23.7 Å². The molecule has 9 nitrogen and oxygen atoms in total. The fourth-order valence-corrected chi connectivity index (χ4v) is 5.52. The third kappa shape index (κ3) is 5.80. The summed E-state index contributed by atoms with van der Waals surface area (Å²) in [6, 6.07) is 13.1. The second-order valence-electron chi connectivity index (χ2n) is 9.40. The molecule has 2 aromatic heterocycles. The van der Waals surface area contributed by atoms with Gasteiger partial charge in [-0.15, -0.1) is 0 Å². The summed E-state index contributed by atoms with van der Waals surface area (Å²) >= 11 is 6.31. The topological polar surface area (TPSA) is 128 Å². The van der Waals surface area contributed by atoms with Gasteiger partial charge in [-0.2, -0.15) is 8.42 Å². The Balaban J connectivity index is 1.76. The molecule has 37 heavy (non-hydrogen) atoms. The van der Waals surface area contributed by atoms with Gasteiger partial charge in [0, 0.05) is 17.6 Å². The van der Waals surface area contributed by atoms with Crippen molar-refractivity contribution in [1.29, 1.82) is 0 Å². The highest BCUT2D eigenvalue weighted by molar-refractivity contribution is 7.90. The summed E-state index contributed by atoms with van der Waals surface area (Å²) < 4.78 is 33.7. The van der Waals surface area contributed by atoms with Gasteiger partial charge in [0.25, 0.3) is 15.9 Å². The summed E-state index contributed by atoms with van der Waals surface area (Å²) in [7, 11) is -4.25. The number of benzene rings is 1. The SMILES string of the molecule is CC(C)Oc1cc(-c2ccc(C(=O)NS(=O)(=O)c3cccc(N)n3)c(N3[C@H](C)CC[C@@H]3C)n2)ccc1Cl. The Bertz CT molecular complexity index is 1420. The summed E-state index contributed by atoms with van der Waals surface area (Å²) in [5.74, 6) is 0.169. The molecule has 1 aliphatic rings. The third-order valence-corrected chi connectivity index (χ3v) is 7.70. The highest BCUT2D eigenvalue weighted by Crippen LogP contribution is 2.35. The number of amides is 1. The number of pyridine rings is 2. The molecule has 1 aromatic carbocycles. The average Bonchev–Trinajstić information content (AvgIpc) is 3.17. The number of carbonyl (C=O) groups excluding carboxylic acids is 1. The molecule has 1 saturated heterocycles. The van der Waals surface area contributed by atoms with Crippen LogP contribution in [0.25, 0.3) is 11.3 Å². The van der Waals surface area contributed by atoms with Crippen LogP contribution in [-0.2, 0) is 10.0 Å². The number of nitrogen functional groups attached to an aromatic ring is 1. The van der Waals surface area contributed by atoms with Crippen molar-refractivity contribution in [3.05, 3.63) is 59.1 Å². The zero-order valence-electron chi connectivity index (χ0n) is 21.1. The third-order valence-electron chi connectivity index (χ3n) is 6.15. The van der Waals surface area contributed by atoms with Crippen molar-refractivity contribution in [2.75, 3.05) is 10.6 Å². The maximum Gasteiger partial charge on any atom is 0.281 e. The number of halogens is 1. The minimum Gasteiger partial charge on any atom is -0.489 e. The van der Waals surface area contributed by atoms with Crippen LogP contribution in [0.3, 0.4) is 0 Å². The van der Waals surface area contributed by atoms with E-state index in [0.717, 1.165) is 18.4 Å². The van der Waals surface area contributed by atoms with Crippen LogP contribution < -0.4 is 20.1 Å². The fourth-order valence-electron chi connectivity index (χ4n) is 4.41. The van der Waals surface area contributed by atoms with Gasteiger partial charge in [0.2, 0.25) is 0 Å². The van der Waals surface area contributed by atoms with Crippen LogP contribution in [0.4, 0.5) is 11.6 Å². The Morgan fingerprint density at radius 1 is 1.11 bits per heavy atom. The lowest BCUT2D eigenvalue weighted by Gasteiger charge is -2.29. The normalized spacial score (nSPS) is 17.7. The van der Waals surface area contributed by atoms with Crippen LogP contribution in [0.1, 0.15) is 50.9 Å². The molecule has 0 aliphatic carbocycles. The quantitative estimate of drug-likeness (QED) is 0.440. The average molecular weight is 544 g/mol. The van der Waals surface area contributed by atoms with E-state index in [-0.39, 0.29) is 34.6 Å². The van der Waals surface area contributed by atoms with Gasteiger partial charge in [0.05, 0.1) is 22.4 Å². The number of hydrogen-bond donors (Lipinski definition) is 2. The first-order chi connectivity index (χ1) is 17.5. The van der Waals surface area contributed by atoms with Gasteiger partial charge in [-0.25, -0.2) is 14.7 Å². The molecule has 0 radical (unpaired) electrons. The number of sulfonamides is 1. The number of nitrogens with one attached hydrogen (secondary N) is 1. The van der Waals surface area contributed by atoms with Crippen molar-refractivity contribution < 1.29 is 17.9 Å². The molecule has 3 heterocycles. The predicted octanol–water partition coefficient (Wildman–Crippen LogP) is 4.66. The lowest BCUT2D eigenvalue weighted by Crippen LogP contribution is -2.37. The van der Waals surface area contributed by atoms with Crippen LogP contribution in [0.5, 0.6) is 5.75 Å². The van der Waals surface area contributed by atoms with E-state index in [4.69, 9.17) is 27.1 Å². The lowest BCUT2D eigenvalue weighted by atomic mass is 10.1. The van der Waals surface area contributed by atoms with Gasteiger partial charge < -0.3 is 15.4 Å². The van der Waals surface area contributed by atoms with Gasteiger partial charge in [0.15, 0.2) is 5.03 Å². The molecule has 2 atom stereocenters.